The number of hydrogen-bond donors (Lipinski definition) is 0. The molecule has 0 bridgehead atoms. The second kappa shape index (κ2) is 5.04. The molecule has 0 spiro atoms. The first-order valence-corrected chi connectivity index (χ1v) is 9.59. The Bertz CT molecular complexity index is 589. The van der Waals surface area contributed by atoms with Crippen molar-refractivity contribution in [2.24, 2.45) is 34.5 Å². The Morgan fingerprint density at radius 1 is 1.09 bits per heavy atom. The van der Waals surface area contributed by atoms with Crippen LogP contribution in [0.4, 0.5) is 0 Å². The second-order valence-electron chi connectivity index (χ2n) is 9.23. The van der Waals surface area contributed by atoms with E-state index in [4.69, 9.17) is 0 Å². The van der Waals surface area contributed by atoms with Crippen molar-refractivity contribution in [1.29, 1.82) is 0 Å². The number of Topliss-reactive ketones (excluding diaryl/α,β-unsaturated/α-hetero) is 2. The van der Waals surface area contributed by atoms with Gasteiger partial charge in [-0.05, 0) is 75.0 Å². The number of ketones is 2. The summed E-state index contributed by atoms with van der Waals surface area (Å²) >= 11 is 0. The van der Waals surface area contributed by atoms with Gasteiger partial charge in [-0.3, -0.25) is 9.59 Å². The Morgan fingerprint density at radius 3 is 2.52 bits per heavy atom. The average Bonchev–Trinajstić information content (AvgIpc) is 2.82. The lowest BCUT2D eigenvalue weighted by molar-refractivity contribution is -0.132. The molecule has 126 valence electrons. The molecule has 4 aliphatic rings. The van der Waals surface area contributed by atoms with E-state index >= 15 is 0 Å². The fourth-order valence-corrected chi connectivity index (χ4v) is 6.78. The van der Waals surface area contributed by atoms with E-state index < -0.39 is 0 Å². The summed E-state index contributed by atoms with van der Waals surface area (Å²) in [7, 11) is 0. The van der Waals surface area contributed by atoms with E-state index in [0.717, 1.165) is 44.4 Å². The predicted octanol–water partition coefficient (Wildman–Crippen LogP) is 4.72. The number of rotatable bonds is 1. The summed E-state index contributed by atoms with van der Waals surface area (Å²) in [5.74, 6) is 3.19. The van der Waals surface area contributed by atoms with Crippen molar-refractivity contribution in [3.8, 4) is 0 Å². The summed E-state index contributed by atoms with van der Waals surface area (Å²) in [5, 5.41) is 0. The smallest absolute Gasteiger partial charge is 0.139 e. The lowest BCUT2D eigenvalue weighted by atomic mass is 9.47. The van der Waals surface area contributed by atoms with Gasteiger partial charge in [-0.1, -0.05) is 25.5 Å². The minimum atomic E-state index is -0.0283. The molecule has 4 aliphatic carbocycles. The van der Waals surface area contributed by atoms with Crippen LogP contribution in [0.15, 0.2) is 11.6 Å². The van der Waals surface area contributed by atoms with Gasteiger partial charge in [-0.2, -0.15) is 0 Å². The maximum absolute atomic E-state index is 12.4. The number of carbonyl (C=O) groups is 2. The molecule has 23 heavy (non-hydrogen) atoms. The van der Waals surface area contributed by atoms with Gasteiger partial charge >= 0.3 is 0 Å². The Kier molecular flexibility index (Phi) is 3.42. The molecule has 0 saturated heterocycles. The van der Waals surface area contributed by atoms with E-state index in [1.54, 1.807) is 12.5 Å². The number of carbonyl (C=O) groups excluding carboxylic acids is 2. The van der Waals surface area contributed by atoms with E-state index in [9.17, 15) is 9.59 Å². The van der Waals surface area contributed by atoms with Crippen LogP contribution in [0.3, 0.4) is 0 Å². The van der Waals surface area contributed by atoms with Gasteiger partial charge in [-0.15, -0.1) is 0 Å². The first-order valence-electron chi connectivity index (χ1n) is 9.59. The molecule has 0 aromatic heterocycles. The van der Waals surface area contributed by atoms with E-state index in [0.29, 0.717) is 28.8 Å². The SMILES string of the molecule is CC(=O)C1CC[C@@]2(C)C(=CC[C@@H]3[C@H]2CC[C@]2(C)C(=O)CC[C@@H]32)C1. The number of allylic oxidation sites excluding steroid dienone is 2. The molecule has 6 atom stereocenters. The highest BCUT2D eigenvalue weighted by Gasteiger charge is 2.58. The van der Waals surface area contributed by atoms with Gasteiger partial charge in [0.25, 0.3) is 0 Å². The monoisotopic (exact) mass is 314 g/mol. The minimum absolute atomic E-state index is 0.0283. The second-order valence-corrected chi connectivity index (χ2v) is 9.23. The zero-order valence-corrected chi connectivity index (χ0v) is 14.9. The van der Waals surface area contributed by atoms with Crippen LogP contribution in [0.5, 0.6) is 0 Å². The predicted molar refractivity (Wildman–Crippen MR) is 90.9 cm³/mol. The fraction of sp³-hybridized carbons (Fsp3) is 0.810. The number of fused-ring (bicyclic) bond motifs is 5. The summed E-state index contributed by atoms with van der Waals surface area (Å²) in [6.07, 6.45) is 11.1. The van der Waals surface area contributed by atoms with E-state index in [1.807, 2.05) is 0 Å². The van der Waals surface area contributed by atoms with Crippen molar-refractivity contribution in [2.45, 2.75) is 72.1 Å². The molecule has 0 radical (unpaired) electrons. The zero-order valence-electron chi connectivity index (χ0n) is 14.9. The fourth-order valence-electron chi connectivity index (χ4n) is 6.78. The molecular weight excluding hydrogens is 284 g/mol. The normalized spacial score (nSPS) is 49.0. The molecular formula is C21H30O2. The quantitative estimate of drug-likeness (QED) is 0.656. The maximum Gasteiger partial charge on any atom is 0.139 e. The summed E-state index contributed by atoms with van der Waals surface area (Å²) in [4.78, 5) is 24.3. The van der Waals surface area contributed by atoms with Gasteiger partial charge < -0.3 is 0 Å². The van der Waals surface area contributed by atoms with Crippen LogP contribution in [0.2, 0.25) is 0 Å². The third-order valence-electron chi connectivity index (χ3n) is 8.39. The average molecular weight is 314 g/mol. The van der Waals surface area contributed by atoms with E-state index in [2.05, 4.69) is 19.9 Å². The Hall–Kier alpha value is -0.920. The van der Waals surface area contributed by atoms with Crippen LogP contribution in [-0.2, 0) is 9.59 Å². The standard InChI is InChI=1S/C21H30O2/c1-13(22)14-8-10-20(2)15(12-14)4-5-16-17-6-7-19(23)21(17,3)11-9-18(16)20/h4,14,16-18H,5-12H2,1-3H3/t14?,16-,17-,18+,20-,21-/m0/s1. The number of hydrogen-bond acceptors (Lipinski definition) is 2. The maximum atomic E-state index is 12.4. The van der Waals surface area contributed by atoms with E-state index in [1.165, 1.54) is 12.8 Å². The molecule has 0 amide bonds. The van der Waals surface area contributed by atoms with E-state index in [-0.39, 0.29) is 11.3 Å². The van der Waals surface area contributed by atoms with Gasteiger partial charge in [0.15, 0.2) is 0 Å². The largest absolute Gasteiger partial charge is 0.300 e. The van der Waals surface area contributed by atoms with Crippen molar-refractivity contribution < 1.29 is 9.59 Å². The van der Waals surface area contributed by atoms with Gasteiger partial charge in [0.1, 0.15) is 11.6 Å². The molecule has 0 N–H and O–H groups in total. The van der Waals surface area contributed by atoms with Gasteiger partial charge in [0.05, 0.1) is 0 Å². The highest BCUT2D eigenvalue weighted by atomic mass is 16.1. The van der Waals surface area contributed by atoms with Crippen LogP contribution in [0, 0.1) is 34.5 Å². The topological polar surface area (TPSA) is 34.1 Å². The van der Waals surface area contributed by atoms with Gasteiger partial charge in [0.2, 0.25) is 0 Å². The van der Waals surface area contributed by atoms with Crippen molar-refractivity contribution in [2.75, 3.05) is 0 Å². The molecule has 0 aliphatic heterocycles. The molecule has 3 saturated carbocycles. The molecule has 2 heteroatoms. The molecule has 1 unspecified atom stereocenters. The third-order valence-corrected chi connectivity index (χ3v) is 8.39. The first-order chi connectivity index (χ1) is 10.9. The van der Waals surface area contributed by atoms with Crippen molar-refractivity contribution in [1.82, 2.24) is 0 Å². The zero-order chi connectivity index (χ0) is 16.4. The highest BCUT2D eigenvalue weighted by Crippen LogP contribution is 2.64. The van der Waals surface area contributed by atoms with Crippen molar-refractivity contribution >= 4 is 11.6 Å². The summed E-state index contributed by atoms with van der Waals surface area (Å²) < 4.78 is 0. The molecule has 0 aromatic carbocycles. The highest BCUT2D eigenvalue weighted by molar-refractivity contribution is 5.87. The molecule has 2 nitrogen and oxygen atoms in total. The third kappa shape index (κ3) is 2.06. The van der Waals surface area contributed by atoms with Crippen molar-refractivity contribution in [3.05, 3.63) is 11.6 Å². The molecule has 3 fully saturated rings. The Morgan fingerprint density at radius 2 is 1.78 bits per heavy atom. The van der Waals surface area contributed by atoms with Crippen LogP contribution in [-0.4, -0.2) is 11.6 Å². The Balaban J connectivity index is 1.65. The first kappa shape index (κ1) is 15.6. The summed E-state index contributed by atoms with van der Waals surface area (Å²) in [6, 6.07) is 0. The van der Waals surface area contributed by atoms with Crippen LogP contribution in [0.1, 0.15) is 72.1 Å². The molecule has 4 rings (SSSR count). The molecule has 0 heterocycles. The summed E-state index contributed by atoms with van der Waals surface area (Å²) in [6.45, 7) is 6.47. The Labute approximate surface area is 140 Å². The van der Waals surface area contributed by atoms with Gasteiger partial charge in [-0.25, -0.2) is 0 Å². The van der Waals surface area contributed by atoms with Crippen LogP contribution < -0.4 is 0 Å². The summed E-state index contributed by atoms with van der Waals surface area (Å²) in [5.41, 5.74) is 1.83. The lowest BCUT2D eigenvalue weighted by Gasteiger charge is -2.57. The van der Waals surface area contributed by atoms with Gasteiger partial charge in [0, 0.05) is 17.8 Å². The van der Waals surface area contributed by atoms with Crippen LogP contribution >= 0.6 is 0 Å². The molecule has 0 aromatic rings. The lowest BCUT2D eigenvalue weighted by Crippen LogP contribution is -2.50. The minimum Gasteiger partial charge on any atom is -0.300 e. The van der Waals surface area contributed by atoms with Crippen LogP contribution in [0.25, 0.3) is 0 Å². The van der Waals surface area contributed by atoms with Crippen molar-refractivity contribution in [3.63, 3.8) is 0 Å².